The molecule has 0 aliphatic rings. The summed E-state index contributed by atoms with van der Waals surface area (Å²) < 4.78 is 16.7. The van der Waals surface area contributed by atoms with Gasteiger partial charge in [-0.3, -0.25) is 14.4 Å². The summed E-state index contributed by atoms with van der Waals surface area (Å²) in [6, 6.07) is 0. The van der Waals surface area contributed by atoms with Crippen LogP contribution in [-0.4, -0.2) is 37.2 Å². The number of carbonyl (C=O) groups is 3. The summed E-state index contributed by atoms with van der Waals surface area (Å²) in [6.07, 6.45) is 80.3. The molecule has 394 valence electrons. The first kappa shape index (κ1) is 65.5. The Morgan fingerprint density at radius 2 is 0.600 bits per heavy atom. The van der Waals surface area contributed by atoms with Crippen LogP contribution < -0.4 is 0 Å². The molecule has 0 fully saturated rings. The molecule has 1 unspecified atom stereocenters. The molecule has 0 aromatic rings. The van der Waals surface area contributed by atoms with E-state index in [0.29, 0.717) is 19.3 Å². The van der Waals surface area contributed by atoms with E-state index in [1.165, 1.54) is 51.4 Å². The summed E-state index contributed by atoms with van der Waals surface area (Å²) in [5.74, 6) is -0.997. The number of unbranched alkanes of at least 4 members (excludes halogenated alkanes) is 16. The molecule has 0 saturated heterocycles. The van der Waals surface area contributed by atoms with Gasteiger partial charge in [0, 0.05) is 19.3 Å². The molecule has 6 heteroatoms. The average molecular weight is 968 g/mol. The molecular formula is C64H102O6. The standard InChI is InChI=1S/C64H102O6/c1-4-7-10-13-16-19-22-24-25-26-27-28-29-30-31-32-33-34-35-36-37-38-39-41-42-45-48-51-54-57-63(66)69-60-61(59-68-62(65)56-53-50-47-44-21-18-15-12-9-6-3)70-64(67)58-55-52-49-46-43-40-23-20-17-14-11-8-5-2/h7,10,12,15-16,19-20,23-25,27-28,30-31,33-34,36-37,39,41,45,48,61H,4-6,8-9,11,13-14,17-18,21-22,26,29,32,35,38,40,42-44,46-47,49-60H2,1-3H3/b10-7-,15-12-,19-16-,23-20-,25-24-,28-27-,31-30-,34-33-,37-36-,41-39-,48-45-. The number of ether oxygens (including phenoxy) is 3. The van der Waals surface area contributed by atoms with Crippen molar-refractivity contribution in [3.63, 3.8) is 0 Å². The van der Waals surface area contributed by atoms with Crippen LogP contribution in [0, 0.1) is 0 Å². The Labute approximate surface area is 430 Å². The van der Waals surface area contributed by atoms with Crippen LogP contribution in [0.15, 0.2) is 134 Å². The lowest BCUT2D eigenvalue weighted by Gasteiger charge is -2.18. The molecule has 70 heavy (non-hydrogen) atoms. The van der Waals surface area contributed by atoms with Crippen LogP contribution in [0.25, 0.3) is 0 Å². The maximum absolute atomic E-state index is 12.8. The zero-order chi connectivity index (χ0) is 50.7. The molecule has 0 bridgehead atoms. The molecule has 0 N–H and O–H groups in total. The van der Waals surface area contributed by atoms with E-state index in [0.717, 1.165) is 135 Å². The van der Waals surface area contributed by atoms with Gasteiger partial charge in [0.1, 0.15) is 13.2 Å². The Morgan fingerprint density at radius 3 is 1.00 bits per heavy atom. The molecule has 0 heterocycles. The van der Waals surface area contributed by atoms with Crippen molar-refractivity contribution in [1.29, 1.82) is 0 Å². The summed E-state index contributed by atoms with van der Waals surface area (Å²) in [4.78, 5) is 38.0. The smallest absolute Gasteiger partial charge is 0.306 e. The van der Waals surface area contributed by atoms with Gasteiger partial charge in [-0.1, -0.05) is 219 Å². The molecule has 0 aliphatic carbocycles. The van der Waals surface area contributed by atoms with E-state index < -0.39 is 6.10 Å². The van der Waals surface area contributed by atoms with Crippen molar-refractivity contribution in [2.75, 3.05) is 13.2 Å². The summed E-state index contributed by atoms with van der Waals surface area (Å²) in [5.41, 5.74) is 0. The van der Waals surface area contributed by atoms with Crippen molar-refractivity contribution in [1.82, 2.24) is 0 Å². The number of allylic oxidation sites excluding steroid dienone is 22. The molecule has 0 aliphatic heterocycles. The minimum absolute atomic E-state index is 0.108. The molecule has 0 saturated carbocycles. The third-order valence-electron chi connectivity index (χ3n) is 11.3. The average Bonchev–Trinajstić information content (AvgIpc) is 3.36. The van der Waals surface area contributed by atoms with Gasteiger partial charge in [0.2, 0.25) is 0 Å². The Kier molecular flexibility index (Phi) is 53.5. The van der Waals surface area contributed by atoms with E-state index in [4.69, 9.17) is 14.2 Å². The van der Waals surface area contributed by atoms with E-state index in [9.17, 15) is 14.4 Å². The second-order valence-electron chi connectivity index (χ2n) is 18.1. The fraction of sp³-hybridized carbons (Fsp3) is 0.609. The first-order chi connectivity index (χ1) is 34.5. The van der Waals surface area contributed by atoms with Crippen molar-refractivity contribution in [3.8, 4) is 0 Å². The molecule has 0 aromatic carbocycles. The van der Waals surface area contributed by atoms with Gasteiger partial charge in [-0.15, -0.1) is 0 Å². The topological polar surface area (TPSA) is 78.9 Å². The zero-order valence-corrected chi connectivity index (χ0v) is 45.0. The highest BCUT2D eigenvalue weighted by Gasteiger charge is 2.19. The number of carbonyl (C=O) groups excluding carboxylic acids is 3. The second-order valence-corrected chi connectivity index (χ2v) is 18.1. The molecule has 0 rings (SSSR count). The maximum Gasteiger partial charge on any atom is 0.306 e. The molecular weight excluding hydrogens is 865 g/mol. The Morgan fingerprint density at radius 1 is 0.300 bits per heavy atom. The van der Waals surface area contributed by atoms with Crippen LogP contribution in [0.3, 0.4) is 0 Å². The fourth-order valence-corrected chi connectivity index (χ4v) is 7.14. The first-order valence-electron chi connectivity index (χ1n) is 28.2. The molecule has 1 atom stereocenters. The highest BCUT2D eigenvalue weighted by atomic mass is 16.6. The summed E-state index contributed by atoms with van der Waals surface area (Å²) in [6.45, 7) is 6.37. The van der Waals surface area contributed by atoms with Crippen LogP contribution in [-0.2, 0) is 28.6 Å². The van der Waals surface area contributed by atoms with Crippen molar-refractivity contribution < 1.29 is 28.6 Å². The molecule has 0 radical (unpaired) electrons. The predicted molar refractivity (Wildman–Crippen MR) is 302 cm³/mol. The van der Waals surface area contributed by atoms with Gasteiger partial charge in [-0.2, -0.15) is 0 Å². The fourth-order valence-electron chi connectivity index (χ4n) is 7.14. The molecule has 0 spiro atoms. The van der Waals surface area contributed by atoms with Crippen molar-refractivity contribution in [2.45, 2.75) is 239 Å². The number of rotatable bonds is 49. The van der Waals surface area contributed by atoms with E-state index >= 15 is 0 Å². The van der Waals surface area contributed by atoms with Gasteiger partial charge < -0.3 is 14.2 Å². The molecule has 6 nitrogen and oxygen atoms in total. The SMILES string of the molecule is CC/C=C\C/C=C\C/C=C\C/C=C\C/C=C\C/C=C\C/C=C\C/C=C\C/C=C\CCCC(=O)OCC(COC(=O)CCCCCCC/C=C\CCC)OC(=O)CCCCCCC/C=C\CCCCCC. The summed E-state index contributed by atoms with van der Waals surface area (Å²) in [5, 5.41) is 0. The Hall–Kier alpha value is -4.45. The van der Waals surface area contributed by atoms with Gasteiger partial charge in [0.15, 0.2) is 6.10 Å². The van der Waals surface area contributed by atoms with Crippen LogP contribution >= 0.6 is 0 Å². The minimum atomic E-state index is -0.812. The minimum Gasteiger partial charge on any atom is -0.462 e. The highest BCUT2D eigenvalue weighted by molar-refractivity contribution is 5.71. The maximum atomic E-state index is 12.8. The van der Waals surface area contributed by atoms with Crippen LogP contribution in [0.4, 0.5) is 0 Å². The van der Waals surface area contributed by atoms with E-state index in [-0.39, 0.29) is 37.5 Å². The molecule has 0 aromatic heterocycles. The lowest BCUT2D eigenvalue weighted by Crippen LogP contribution is -2.30. The van der Waals surface area contributed by atoms with E-state index in [2.05, 4.69) is 154 Å². The number of esters is 3. The van der Waals surface area contributed by atoms with Gasteiger partial charge >= 0.3 is 17.9 Å². The quantitative estimate of drug-likeness (QED) is 0.0262. The van der Waals surface area contributed by atoms with Crippen molar-refractivity contribution >= 4 is 17.9 Å². The first-order valence-corrected chi connectivity index (χ1v) is 28.2. The second kappa shape index (κ2) is 57.1. The van der Waals surface area contributed by atoms with Gasteiger partial charge in [0.05, 0.1) is 0 Å². The Balaban J connectivity index is 4.39. The van der Waals surface area contributed by atoms with Crippen LogP contribution in [0.5, 0.6) is 0 Å². The van der Waals surface area contributed by atoms with Crippen molar-refractivity contribution in [3.05, 3.63) is 134 Å². The zero-order valence-electron chi connectivity index (χ0n) is 45.0. The van der Waals surface area contributed by atoms with Crippen LogP contribution in [0.1, 0.15) is 233 Å². The normalized spacial score (nSPS) is 13.1. The van der Waals surface area contributed by atoms with Gasteiger partial charge in [0.25, 0.3) is 0 Å². The Bertz CT molecular complexity index is 1530. The lowest BCUT2D eigenvalue weighted by atomic mass is 10.1. The van der Waals surface area contributed by atoms with Crippen molar-refractivity contribution in [2.24, 2.45) is 0 Å². The highest BCUT2D eigenvalue weighted by Crippen LogP contribution is 2.13. The third kappa shape index (κ3) is 54.5. The largest absolute Gasteiger partial charge is 0.462 e. The number of hydrogen-bond acceptors (Lipinski definition) is 6. The lowest BCUT2D eigenvalue weighted by molar-refractivity contribution is -0.167. The summed E-state index contributed by atoms with van der Waals surface area (Å²) >= 11 is 0. The van der Waals surface area contributed by atoms with E-state index in [1.54, 1.807) is 0 Å². The monoisotopic (exact) mass is 967 g/mol. The summed E-state index contributed by atoms with van der Waals surface area (Å²) in [7, 11) is 0. The molecule has 0 amide bonds. The van der Waals surface area contributed by atoms with Gasteiger partial charge in [-0.05, 0) is 128 Å². The predicted octanol–water partition coefficient (Wildman–Crippen LogP) is 19.0. The number of hydrogen-bond donors (Lipinski definition) is 0. The van der Waals surface area contributed by atoms with Gasteiger partial charge in [-0.25, -0.2) is 0 Å². The van der Waals surface area contributed by atoms with Crippen LogP contribution in [0.2, 0.25) is 0 Å². The van der Waals surface area contributed by atoms with E-state index in [1.807, 2.05) is 0 Å². The third-order valence-corrected chi connectivity index (χ3v) is 11.3.